The van der Waals surface area contributed by atoms with E-state index in [1.165, 1.54) is 25.7 Å². The van der Waals surface area contributed by atoms with Crippen LogP contribution in [0.5, 0.6) is 0 Å². The standard InChI is InChI=1S/C15H23N3O2/c1-10(13-8-11-3-4-12(13)7-11)16-15(19)14-5-6-18(17-14)9-20-2/h5-6,10-13H,3-4,7-9H2,1-2H3,(H,16,19). The first-order valence-corrected chi connectivity index (χ1v) is 7.50. The molecule has 2 aliphatic carbocycles. The summed E-state index contributed by atoms with van der Waals surface area (Å²) in [6.45, 7) is 2.50. The number of hydrogen-bond acceptors (Lipinski definition) is 3. The largest absolute Gasteiger partial charge is 0.362 e. The van der Waals surface area contributed by atoms with Crippen molar-refractivity contribution in [1.82, 2.24) is 15.1 Å². The Hall–Kier alpha value is -1.36. The van der Waals surface area contributed by atoms with E-state index in [2.05, 4.69) is 17.3 Å². The Balaban J connectivity index is 1.57. The number of methoxy groups -OCH3 is 1. The van der Waals surface area contributed by atoms with Crippen LogP contribution in [-0.2, 0) is 11.5 Å². The van der Waals surface area contributed by atoms with Gasteiger partial charge in [0.1, 0.15) is 12.4 Å². The molecule has 1 aromatic heterocycles. The van der Waals surface area contributed by atoms with E-state index in [-0.39, 0.29) is 11.9 Å². The van der Waals surface area contributed by atoms with Gasteiger partial charge in [0.15, 0.2) is 0 Å². The summed E-state index contributed by atoms with van der Waals surface area (Å²) in [5, 5.41) is 7.33. The second-order valence-electron chi connectivity index (χ2n) is 6.26. The van der Waals surface area contributed by atoms with Crippen LogP contribution < -0.4 is 5.32 Å². The topological polar surface area (TPSA) is 56.1 Å². The van der Waals surface area contributed by atoms with E-state index in [0.717, 1.165) is 11.8 Å². The minimum Gasteiger partial charge on any atom is -0.362 e. The van der Waals surface area contributed by atoms with Crippen LogP contribution in [0.3, 0.4) is 0 Å². The summed E-state index contributed by atoms with van der Waals surface area (Å²) in [5.74, 6) is 2.31. The van der Waals surface area contributed by atoms with E-state index < -0.39 is 0 Å². The van der Waals surface area contributed by atoms with Gasteiger partial charge >= 0.3 is 0 Å². The molecule has 5 nitrogen and oxygen atoms in total. The molecule has 1 heterocycles. The van der Waals surface area contributed by atoms with Gasteiger partial charge < -0.3 is 10.1 Å². The monoisotopic (exact) mass is 277 g/mol. The van der Waals surface area contributed by atoms with Crippen LogP contribution in [0.2, 0.25) is 0 Å². The Kier molecular flexibility index (Phi) is 3.78. The molecule has 4 atom stereocenters. The highest BCUT2D eigenvalue weighted by atomic mass is 16.5. The Morgan fingerprint density at radius 3 is 3.05 bits per heavy atom. The third kappa shape index (κ3) is 2.59. The normalized spacial score (nSPS) is 29.6. The smallest absolute Gasteiger partial charge is 0.271 e. The molecule has 0 radical (unpaired) electrons. The number of ether oxygens (including phenoxy) is 1. The summed E-state index contributed by atoms with van der Waals surface area (Å²) >= 11 is 0. The fraction of sp³-hybridized carbons (Fsp3) is 0.733. The van der Waals surface area contributed by atoms with Crippen molar-refractivity contribution >= 4 is 5.91 Å². The summed E-state index contributed by atoms with van der Waals surface area (Å²) < 4.78 is 6.61. The van der Waals surface area contributed by atoms with Gasteiger partial charge in [0, 0.05) is 19.3 Å². The molecule has 2 bridgehead atoms. The average molecular weight is 277 g/mol. The highest BCUT2D eigenvalue weighted by Gasteiger charge is 2.42. The molecule has 2 aliphatic rings. The minimum atomic E-state index is -0.0740. The molecular formula is C15H23N3O2. The number of hydrogen-bond donors (Lipinski definition) is 1. The molecule has 5 heteroatoms. The molecule has 20 heavy (non-hydrogen) atoms. The molecule has 0 aromatic carbocycles. The van der Waals surface area contributed by atoms with Gasteiger partial charge in [0.05, 0.1) is 0 Å². The Labute approximate surface area is 119 Å². The van der Waals surface area contributed by atoms with Gasteiger partial charge in [-0.3, -0.25) is 4.79 Å². The third-order valence-corrected chi connectivity index (χ3v) is 4.93. The quantitative estimate of drug-likeness (QED) is 0.896. The van der Waals surface area contributed by atoms with Crippen molar-refractivity contribution in [2.45, 2.75) is 45.4 Å². The van der Waals surface area contributed by atoms with Crippen LogP contribution in [0.15, 0.2) is 12.3 Å². The van der Waals surface area contributed by atoms with Gasteiger partial charge in [0.2, 0.25) is 0 Å². The van der Waals surface area contributed by atoms with Gasteiger partial charge in [-0.15, -0.1) is 0 Å². The van der Waals surface area contributed by atoms with Crippen LogP contribution in [0.4, 0.5) is 0 Å². The van der Waals surface area contributed by atoms with Crippen LogP contribution >= 0.6 is 0 Å². The van der Waals surface area contributed by atoms with Crippen LogP contribution in [0.1, 0.15) is 43.1 Å². The predicted octanol–water partition coefficient (Wildman–Crippen LogP) is 2.04. The Morgan fingerprint density at radius 2 is 2.40 bits per heavy atom. The van der Waals surface area contributed by atoms with E-state index in [1.807, 2.05) is 0 Å². The number of aromatic nitrogens is 2. The third-order valence-electron chi connectivity index (χ3n) is 4.93. The average Bonchev–Trinajstić information content (AvgIpc) is 3.14. The molecule has 0 aliphatic heterocycles. The lowest BCUT2D eigenvalue weighted by molar-refractivity contribution is 0.0903. The summed E-state index contributed by atoms with van der Waals surface area (Å²) in [7, 11) is 1.61. The molecule has 1 aromatic rings. The number of fused-ring (bicyclic) bond motifs is 2. The molecule has 1 amide bonds. The van der Waals surface area contributed by atoms with E-state index in [1.54, 1.807) is 24.1 Å². The van der Waals surface area contributed by atoms with Crippen molar-refractivity contribution in [2.24, 2.45) is 17.8 Å². The molecule has 0 spiro atoms. The lowest BCUT2D eigenvalue weighted by atomic mass is 9.84. The molecule has 2 saturated carbocycles. The number of carbonyl (C=O) groups is 1. The second kappa shape index (κ2) is 5.56. The van der Waals surface area contributed by atoms with Crippen LogP contribution in [-0.4, -0.2) is 28.8 Å². The number of carbonyl (C=O) groups excluding carboxylic acids is 1. The summed E-state index contributed by atoms with van der Waals surface area (Å²) in [6.07, 6.45) is 7.15. The fourth-order valence-corrected chi connectivity index (χ4v) is 3.98. The zero-order valence-electron chi connectivity index (χ0n) is 12.2. The van der Waals surface area contributed by atoms with Crippen molar-refractivity contribution in [3.05, 3.63) is 18.0 Å². The van der Waals surface area contributed by atoms with Crippen molar-refractivity contribution in [3.8, 4) is 0 Å². The van der Waals surface area contributed by atoms with Crippen molar-refractivity contribution in [3.63, 3.8) is 0 Å². The van der Waals surface area contributed by atoms with Gasteiger partial charge in [-0.1, -0.05) is 6.42 Å². The first-order valence-electron chi connectivity index (χ1n) is 7.50. The second-order valence-corrected chi connectivity index (χ2v) is 6.26. The number of rotatable bonds is 5. The molecule has 0 saturated heterocycles. The summed E-state index contributed by atoms with van der Waals surface area (Å²) in [6, 6.07) is 1.98. The van der Waals surface area contributed by atoms with Gasteiger partial charge in [-0.05, 0) is 50.0 Å². The highest BCUT2D eigenvalue weighted by molar-refractivity contribution is 5.92. The highest BCUT2D eigenvalue weighted by Crippen LogP contribution is 2.49. The van der Waals surface area contributed by atoms with Crippen LogP contribution in [0.25, 0.3) is 0 Å². The van der Waals surface area contributed by atoms with Gasteiger partial charge in [0.25, 0.3) is 5.91 Å². The first-order chi connectivity index (χ1) is 9.67. The lowest BCUT2D eigenvalue weighted by Crippen LogP contribution is -2.40. The Bertz CT molecular complexity index is 485. The molecule has 3 rings (SSSR count). The van der Waals surface area contributed by atoms with Crippen LogP contribution in [0, 0.1) is 17.8 Å². The maximum atomic E-state index is 12.2. The van der Waals surface area contributed by atoms with E-state index in [9.17, 15) is 4.79 Å². The van der Waals surface area contributed by atoms with E-state index >= 15 is 0 Å². The number of amides is 1. The van der Waals surface area contributed by atoms with Crippen molar-refractivity contribution < 1.29 is 9.53 Å². The molecule has 110 valence electrons. The minimum absolute atomic E-state index is 0.0740. The zero-order chi connectivity index (χ0) is 14.1. The van der Waals surface area contributed by atoms with E-state index in [0.29, 0.717) is 18.3 Å². The maximum Gasteiger partial charge on any atom is 0.271 e. The number of nitrogens with zero attached hydrogens (tertiary/aromatic N) is 2. The zero-order valence-corrected chi connectivity index (χ0v) is 12.2. The van der Waals surface area contributed by atoms with E-state index in [4.69, 9.17) is 4.74 Å². The summed E-state index contributed by atoms with van der Waals surface area (Å²) in [4.78, 5) is 12.2. The maximum absolute atomic E-state index is 12.2. The fourth-order valence-electron chi connectivity index (χ4n) is 3.98. The molecule has 1 N–H and O–H groups in total. The number of nitrogens with one attached hydrogen (secondary N) is 1. The van der Waals surface area contributed by atoms with Crippen molar-refractivity contribution in [2.75, 3.05) is 7.11 Å². The molecule has 2 fully saturated rings. The predicted molar refractivity (Wildman–Crippen MR) is 75.1 cm³/mol. The lowest BCUT2D eigenvalue weighted by Gasteiger charge is -2.28. The van der Waals surface area contributed by atoms with Gasteiger partial charge in [-0.25, -0.2) is 4.68 Å². The van der Waals surface area contributed by atoms with Gasteiger partial charge in [-0.2, -0.15) is 5.10 Å². The first kappa shape index (κ1) is 13.6. The Morgan fingerprint density at radius 1 is 1.55 bits per heavy atom. The molecule has 4 unspecified atom stereocenters. The summed E-state index contributed by atoms with van der Waals surface area (Å²) in [5.41, 5.74) is 0.469. The molecular weight excluding hydrogens is 254 g/mol. The SMILES string of the molecule is COCn1ccc(C(=O)NC(C)C2CC3CCC2C3)n1. The van der Waals surface area contributed by atoms with Crippen molar-refractivity contribution in [1.29, 1.82) is 0 Å².